The molecule has 1 aromatic carbocycles. The maximum atomic E-state index is 4.44. The molecule has 0 bridgehead atoms. The molecule has 3 aromatic rings. The molecule has 2 aromatic heterocycles. The Morgan fingerprint density at radius 2 is 1.80 bits per heavy atom. The lowest BCUT2D eigenvalue weighted by molar-refractivity contribution is 0.791. The number of nitrogens with zero attached hydrogens (tertiary/aromatic N) is 4. The molecule has 3 rings (SSSR count). The molecule has 20 heavy (non-hydrogen) atoms. The molecule has 0 fully saturated rings. The molecule has 0 radical (unpaired) electrons. The Hall–Kier alpha value is -2.43. The maximum absolute atomic E-state index is 4.44. The molecule has 0 aliphatic heterocycles. The standard InChI is InChI=1S/C15H17N5/c1-11-3-6-13(7-4-11)16-10-9-15-18-17-14-8-5-12(2)19-20(14)15/h3-8,16H,9-10H2,1-2H3. The molecule has 102 valence electrons. The number of fused-ring (bicyclic) bond motifs is 1. The molecule has 0 saturated heterocycles. The van der Waals surface area contributed by atoms with Crippen LogP contribution in [0.2, 0.25) is 0 Å². The van der Waals surface area contributed by atoms with Crippen molar-refractivity contribution < 1.29 is 0 Å². The molecule has 0 unspecified atom stereocenters. The Bertz CT molecular complexity index is 715. The fourth-order valence-electron chi connectivity index (χ4n) is 2.07. The van der Waals surface area contributed by atoms with Crippen LogP contribution in [0.15, 0.2) is 36.4 Å². The van der Waals surface area contributed by atoms with Crippen LogP contribution < -0.4 is 5.32 Å². The van der Waals surface area contributed by atoms with Crippen molar-refractivity contribution in [2.24, 2.45) is 0 Å². The lowest BCUT2D eigenvalue weighted by Gasteiger charge is -2.05. The van der Waals surface area contributed by atoms with Gasteiger partial charge < -0.3 is 5.32 Å². The zero-order valence-corrected chi connectivity index (χ0v) is 11.7. The number of nitrogens with one attached hydrogen (secondary N) is 1. The average molecular weight is 267 g/mol. The maximum Gasteiger partial charge on any atom is 0.177 e. The van der Waals surface area contributed by atoms with E-state index in [1.54, 1.807) is 0 Å². The molecule has 5 nitrogen and oxygen atoms in total. The van der Waals surface area contributed by atoms with E-state index in [-0.39, 0.29) is 0 Å². The lowest BCUT2D eigenvalue weighted by atomic mass is 10.2. The van der Waals surface area contributed by atoms with E-state index < -0.39 is 0 Å². The van der Waals surface area contributed by atoms with E-state index in [1.807, 2.05) is 23.6 Å². The van der Waals surface area contributed by atoms with Crippen molar-refractivity contribution in [2.75, 3.05) is 11.9 Å². The monoisotopic (exact) mass is 267 g/mol. The quantitative estimate of drug-likeness (QED) is 0.788. The molecular formula is C15H17N5. The molecule has 0 aliphatic rings. The van der Waals surface area contributed by atoms with Gasteiger partial charge in [-0.2, -0.15) is 9.61 Å². The average Bonchev–Trinajstić information content (AvgIpc) is 2.84. The highest BCUT2D eigenvalue weighted by molar-refractivity contribution is 5.44. The van der Waals surface area contributed by atoms with Crippen molar-refractivity contribution in [3.63, 3.8) is 0 Å². The minimum Gasteiger partial charge on any atom is -0.385 e. The van der Waals surface area contributed by atoms with Crippen LogP contribution in [0, 0.1) is 13.8 Å². The van der Waals surface area contributed by atoms with E-state index in [2.05, 4.69) is 51.8 Å². The van der Waals surface area contributed by atoms with E-state index in [0.29, 0.717) is 0 Å². The Balaban J connectivity index is 1.68. The summed E-state index contributed by atoms with van der Waals surface area (Å²) in [5.41, 5.74) is 4.14. The van der Waals surface area contributed by atoms with Gasteiger partial charge in [0.25, 0.3) is 0 Å². The second-order valence-corrected chi connectivity index (χ2v) is 4.90. The predicted molar refractivity (Wildman–Crippen MR) is 78.9 cm³/mol. The number of benzene rings is 1. The number of aromatic nitrogens is 4. The Morgan fingerprint density at radius 1 is 1.00 bits per heavy atom. The molecule has 1 N–H and O–H groups in total. The summed E-state index contributed by atoms with van der Waals surface area (Å²) in [5.74, 6) is 0.878. The highest BCUT2D eigenvalue weighted by Crippen LogP contribution is 2.09. The zero-order chi connectivity index (χ0) is 13.9. The van der Waals surface area contributed by atoms with Gasteiger partial charge in [-0.1, -0.05) is 17.7 Å². The van der Waals surface area contributed by atoms with Gasteiger partial charge in [0.15, 0.2) is 11.5 Å². The molecule has 5 heteroatoms. The fourth-order valence-corrected chi connectivity index (χ4v) is 2.07. The fraction of sp³-hybridized carbons (Fsp3) is 0.267. The van der Waals surface area contributed by atoms with Gasteiger partial charge in [0.1, 0.15) is 0 Å². The highest BCUT2D eigenvalue weighted by Gasteiger charge is 2.06. The van der Waals surface area contributed by atoms with Crippen LogP contribution in [0.4, 0.5) is 5.69 Å². The number of anilines is 1. The predicted octanol–water partition coefficient (Wildman–Crippen LogP) is 2.40. The van der Waals surface area contributed by atoms with E-state index in [9.17, 15) is 0 Å². The zero-order valence-electron chi connectivity index (χ0n) is 11.7. The first-order chi connectivity index (χ1) is 9.72. The Morgan fingerprint density at radius 3 is 2.60 bits per heavy atom. The van der Waals surface area contributed by atoms with Crippen molar-refractivity contribution in [1.29, 1.82) is 0 Å². The Kier molecular flexibility index (Phi) is 3.33. The second kappa shape index (κ2) is 5.28. The number of hydrogen-bond acceptors (Lipinski definition) is 4. The first-order valence-corrected chi connectivity index (χ1v) is 6.71. The van der Waals surface area contributed by atoms with Gasteiger partial charge in [0.05, 0.1) is 5.69 Å². The summed E-state index contributed by atoms with van der Waals surface area (Å²) >= 11 is 0. The van der Waals surface area contributed by atoms with Crippen LogP contribution in [0.1, 0.15) is 17.1 Å². The third-order valence-corrected chi connectivity index (χ3v) is 3.19. The number of rotatable bonds is 4. The number of aryl methyl sites for hydroxylation is 2. The molecule has 2 heterocycles. The van der Waals surface area contributed by atoms with Gasteiger partial charge in [0, 0.05) is 18.7 Å². The van der Waals surface area contributed by atoms with Crippen molar-refractivity contribution >= 4 is 11.3 Å². The highest BCUT2D eigenvalue weighted by atomic mass is 15.4. The topological polar surface area (TPSA) is 55.1 Å². The largest absolute Gasteiger partial charge is 0.385 e. The third kappa shape index (κ3) is 2.61. The first kappa shape index (κ1) is 12.6. The van der Waals surface area contributed by atoms with E-state index >= 15 is 0 Å². The van der Waals surface area contributed by atoms with Crippen molar-refractivity contribution in [3.05, 3.63) is 53.5 Å². The SMILES string of the molecule is Cc1ccc(NCCc2nnc3ccc(C)nn23)cc1. The smallest absolute Gasteiger partial charge is 0.177 e. The minimum absolute atomic E-state index is 0.783. The molecule has 0 saturated carbocycles. The minimum atomic E-state index is 0.783. The van der Waals surface area contributed by atoms with Gasteiger partial charge in [0.2, 0.25) is 0 Å². The van der Waals surface area contributed by atoms with Gasteiger partial charge in [-0.3, -0.25) is 0 Å². The van der Waals surface area contributed by atoms with Crippen LogP contribution in [0.5, 0.6) is 0 Å². The van der Waals surface area contributed by atoms with Gasteiger partial charge >= 0.3 is 0 Å². The van der Waals surface area contributed by atoms with Crippen LogP contribution in [-0.4, -0.2) is 26.4 Å². The summed E-state index contributed by atoms with van der Waals surface area (Å²) in [6, 6.07) is 12.2. The van der Waals surface area contributed by atoms with Crippen LogP contribution in [0.3, 0.4) is 0 Å². The van der Waals surface area contributed by atoms with Crippen LogP contribution in [0.25, 0.3) is 5.65 Å². The van der Waals surface area contributed by atoms with Crippen molar-refractivity contribution in [3.8, 4) is 0 Å². The molecule has 0 spiro atoms. The van der Waals surface area contributed by atoms with Crippen LogP contribution in [-0.2, 0) is 6.42 Å². The first-order valence-electron chi connectivity index (χ1n) is 6.71. The summed E-state index contributed by atoms with van der Waals surface area (Å²) in [7, 11) is 0. The van der Waals surface area contributed by atoms with Gasteiger partial charge in [-0.05, 0) is 38.1 Å². The third-order valence-electron chi connectivity index (χ3n) is 3.19. The van der Waals surface area contributed by atoms with Crippen molar-refractivity contribution in [2.45, 2.75) is 20.3 Å². The number of hydrogen-bond donors (Lipinski definition) is 1. The molecule has 0 atom stereocenters. The Labute approximate surface area is 117 Å². The summed E-state index contributed by atoms with van der Waals surface area (Å²) < 4.78 is 1.81. The molecule has 0 aliphatic carbocycles. The van der Waals surface area contributed by atoms with Crippen molar-refractivity contribution in [1.82, 2.24) is 19.8 Å². The summed E-state index contributed by atoms with van der Waals surface area (Å²) in [4.78, 5) is 0. The van der Waals surface area contributed by atoms with E-state index in [1.165, 1.54) is 5.56 Å². The normalized spacial score (nSPS) is 10.9. The van der Waals surface area contributed by atoms with Crippen LogP contribution >= 0.6 is 0 Å². The summed E-state index contributed by atoms with van der Waals surface area (Å²) in [6.45, 7) is 4.85. The summed E-state index contributed by atoms with van der Waals surface area (Å²) in [6.07, 6.45) is 0.783. The van der Waals surface area contributed by atoms with E-state index in [4.69, 9.17) is 0 Å². The molecular weight excluding hydrogens is 250 g/mol. The molecule has 0 amide bonds. The lowest BCUT2D eigenvalue weighted by Crippen LogP contribution is -2.09. The van der Waals surface area contributed by atoms with Gasteiger partial charge in [-0.25, -0.2) is 0 Å². The second-order valence-electron chi connectivity index (χ2n) is 4.90. The van der Waals surface area contributed by atoms with Gasteiger partial charge in [-0.15, -0.1) is 10.2 Å². The summed E-state index contributed by atoms with van der Waals surface area (Å²) in [5, 5.41) is 16.1. The van der Waals surface area contributed by atoms with E-state index in [0.717, 1.165) is 35.8 Å².